The Morgan fingerprint density at radius 1 is 1.10 bits per heavy atom. The van der Waals surface area contributed by atoms with Crippen molar-refractivity contribution in [2.45, 2.75) is 13.0 Å². The maximum absolute atomic E-state index is 11.6. The molecule has 1 atom stereocenters. The molecular formula is C24H28N2O5. The number of rotatable bonds is 7. The van der Waals surface area contributed by atoms with E-state index in [0.717, 1.165) is 48.6 Å². The van der Waals surface area contributed by atoms with Crippen LogP contribution in [0.25, 0.3) is 11.0 Å². The van der Waals surface area contributed by atoms with Crippen molar-refractivity contribution in [3.05, 3.63) is 64.5 Å². The van der Waals surface area contributed by atoms with Crippen LogP contribution in [0.3, 0.4) is 0 Å². The first kappa shape index (κ1) is 21.2. The molecule has 0 bridgehead atoms. The number of anilines is 1. The number of β-amino-alcohol motifs (C(OH)–C–C–N with tert-alkyl or cyclic N) is 1. The first-order valence-corrected chi connectivity index (χ1v) is 10.5. The van der Waals surface area contributed by atoms with Gasteiger partial charge in [0.2, 0.25) is 0 Å². The number of nitrogens with zero attached hydrogens (tertiary/aromatic N) is 2. The molecule has 1 aliphatic heterocycles. The van der Waals surface area contributed by atoms with Crippen molar-refractivity contribution in [2.24, 2.45) is 0 Å². The van der Waals surface area contributed by atoms with Gasteiger partial charge in [-0.15, -0.1) is 0 Å². The lowest BCUT2D eigenvalue weighted by molar-refractivity contribution is 0.0663. The van der Waals surface area contributed by atoms with Crippen LogP contribution in [0.15, 0.2) is 57.7 Å². The first-order valence-electron chi connectivity index (χ1n) is 10.5. The number of piperazine rings is 1. The summed E-state index contributed by atoms with van der Waals surface area (Å²) in [5, 5.41) is 11.3. The minimum atomic E-state index is -0.613. The zero-order valence-corrected chi connectivity index (χ0v) is 17.9. The molecule has 1 fully saturated rings. The number of hydrogen-bond acceptors (Lipinski definition) is 7. The van der Waals surface area contributed by atoms with Gasteiger partial charge in [-0.05, 0) is 36.8 Å². The summed E-state index contributed by atoms with van der Waals surface area (Å²) in [7, 11) is 1.69. The summed E-state index contributed by atoms with van der Waals surface area (Å²) in [4.78, 5) is 16.1. The number of ether oxygens (including phenoxy) is 2. The van der Waals surface area contributed by atoms with Gasteiger partial charge in [0.05, 0.1) is 12.8 Å². The van der Waals surface area contributed by atoms with E-state index in [1.54, 1.807) is 13.2 Å². The Hall–Kier alpha value is -3.03. The number of methoxy groups -OCH3 is 1. The van der Waals surface area contributed by atoms with Crippen molar-refractivity contribution < 1.29 is 19.0 Å². The lowest BCUT2D eigenvalue weighted by Gasteiger charge is -2.37. The van der Waals surface area contributed by atoms with Gasteiger partial charge in [-0.2, -0.15) is 0 Å². The van der Waals surface area contributed by atoms with Gasteiger partial charge in [-0.3, -0.25) is 4.90 Å². The topological polar surface area (TPSA) is 75.4 Å². The van der Waals surface area contributed by atoms with E-state index in [1.165, 1.54) is 6.07 Å². The highest BCUT2D eigenvalue weighted by Crippen LogP contribution is 2.28. The second-order valence-electron chi connectivity index (χ2n) is 7.83. The highest BCUT2D eigenvalue weighted by molar-refractivity contribution is 5.81. The predicted octanol–water partition coefficient (Wildman–Crippen LogP) is 2.67. The maximum atomic E-state index is 11.6. The Morgan fingerprint density at radius 2 is 1.87 bits per heavy atom. The van der Waals surface area contributed by atoms with E-state index < -0.39 is 6.10 Å². The van der Waals surface area contributed by atoms with Crippen molar-refractivity contribution in [1.29, 1.82) is 0 Å². The molecule has 1 N–H and O–H groups in total. The smallest absolute Gasteiger partial charge is 0.336 e. The van der Waals surface area contributed by atoms with Gasteiger partial charge in [0.25, 0.3) is 0 Å². The third-order valence-electron chi connectivity index (χ3n) is 5.63. The van der Waals surface area contributed by atoms with Crippen LogP contribution in [0.4, 0.5) is 5.69 Å². The molecule has 0 aliphatic carbocycles. The molecule has 164 valence electrons. The number of para-hydroxylation sites is 2. The minimum absolute atomic E-state index is 0.175. The van der Waals surface area contributed by atoms with Gasteiger partial charge < -0.3 is 23.9 Å². The maximum Gasteiger partial charge on any atom is 0.336 e. The van der Waals surface area contributed by atoms with Crippen LogP contribution in [0.2, 0.25) is 0 Å². The van der Waals surface area contributed by atoms with Crippen LogP contribution in [-0.2, 0) is 0 Å². The molecule has 4 rings (SSSR count). The highest BCUT2D eigenvalue weighted by atomic mass is 16.5. The van der Waals surface area contributed by atoms with Crippen LogP contribution < -0.4 is 20.0 Å². The molecule has 1 aliphatic rings. The SMILES string of the molecule is COc1ccccc1N1CCN(C[C@@H](O)COc2ccc3c(C)cc(=O)oc3c2)CC1. The molecule has 3 aromatic rings. The van der Waals surface area contributed by atoms with E-state index in [4.69, 9.17) is 13.9 Å². The summed E-state index contributed by atoms with van der Waals surface area (Å²) in [6.45, 7) is 6.05. The molecule has 0 radical (unpaired) electrons. The summed E-state index contributed by atoms with van der Waals surface area (Å²) >= 11 is 0. The molecule has 1 aromatic heterocycles. The molecular weight excluding hydrogens is 396 g/mol. The van der Waals surface area contributed by atoms with Crippen LogP contribution in [0.5, 0.6) is 11.5 Å². The van der Waals surface area contributed by atoms with Crippen LogP contribution >= 0.6 is 0 Å². The van der Waals surface area contributed by atoms with E-state index in [0.29, 0.717) is 17.9 Å². The standard InChI is InChI=1S/C24H28N2O5/c1-17-13-24(28)31-23-14-19(7-8-20(17)23)30-16-18(27)15-25-9-11-26(12-10-25)21-5-3-4-6-22(21)29-2/h3-8,13-14,18,27H,9-12,15-16H2,1-2H3/t18-/m1/s1. The van der Waals surface area contributed by atoms with Crippen molar-refractivity contribution >= 4 is 16.7 Å². The molecule has 2 aromatic carbocycles. The fourth-order valence-electron chi connectivity index (χ4n) is 4.00. The normalized spacial score (nSPS) is 15.8. The Labute approximate surface area is 181 Å². The number of benzene rings is 2. The molecule has 1 saturated heterocycles. The number of aryl methyl sites for hydroxylation is 1. The molecule has 0 saturated carbocycles. The molecule has 7 heteroatoms. The third kappa shape index (κ3) is 5.00. The Bertz CT molecular complexity index is 1090. The number of hydrogen-bond donors (Lipinski definition) is 1. The Balaban J connectivity index is 1.28. The van der Waals surface area contributed by atoms with Crippen molar-refractivity contribution in [1.82, 2.24) is 4.90 Å². The fourth-order valence-corrected chi connectivity index (χ4v) is 4.00. The average Bonchev–Trinajstić information content (AvgIpc) is 2.78. The molecule has 2 heterocycles. The van der Waals surface area contributed by atoms with Crippen molar-refractivity contribution in [3.8, 4) is 11.5 Å². The fraction of sp³-hybridized carbons (Fsp3) is 0.375. The van der Waals surface area contributed by atoms with E-state index in [1.807, 2.05) is 37.3 Å². The molecule has 0 spiro atoms. The van der Waals surface area contributed by atoms with E-state index in [2.05, 4.69) is 15.9 Å². The monoisotopic (exact) mass is 424 g/mol. The molecule has 31 heavy (non-hydrogen) atoms. The van der Waals surface area contributed by atoms with E-state index in [-0.39, 0.29) is 12.2 Å². The van der Waals surface area contributed by atoms with Crippen LogP contribution in [0.1, 0.15) is 5.56 Å². The predicted molar refractivity (Wildman–Crippen MR) is 120 cm³/mol. The number of aliphatic hydroxyl groups excluding tert-OH is 1. The highest BCUT2D eigenvalue weighted by Gasteiger charge is 2.21. The van der Waals surface area contributed by atoms with Gasteiger partial charge in [0.1, 0.15) is 29.8 Å². The van der Waals surface area contributed by atoms with Crippen molar-refractivity contribution in [2.75, 3.05) is 51.3 Å². The summed E-state index contributed by atoms with van der Waals surface area (Å²) in [6.07, 6.45) is -0.613. The second-order valence-corrected chi connectivity index (χ2v) is 7.83. The van der Waals surface area contributed by atoms with Gasteiger partial charge in [-0.1, -0.05) is 12.1 Å². The summed E-state index contributed by atoms with van der Waals surface area (Å²) in [5.74, 6) is 1.45. The summed E-state index contributed by atoms with van der Waals surface area (Å²) in [6, 6.07) is 14.9. The summed E-state index contributed by atoms with van der Waals surface area (Å²) < 4.78 is 16.5. The van der Waals surface area contributed by atoms with Crippen LogP contribution in [0, 0.1) is 6.92 Å². The van der Waals surface area contributed by atoms with Gasteiger partial charge >= 0.3 is 5.63 Å². The third-order valence-corrected chi connectivity index (χ3v) is 5.63. The largest absolute Gasteiger partial charge is 0.495 e. The Kier molecular flexibility index (Phi) is 6.44. The molecule has 7 nitrogen and oxygen atoms in total. The van der Waals surface area contributed by atoms with Crippen LogP contribution in [-0.4, -0.2) is 62.6 Å². The van der Waals surface area contributed by atoms with E-state index in [9.17, 15) is 9.90 Å². The number of fused-ring (bicyclic) bond motifs is 1. The zero-order chi connectivity index (χ0) is 21.8. The van der Waals surface area contributed by atoms with E-state index >= 15 is 0 Å². The average molecular weight is 424 g/mol. The second kappa shape index (κ2) is 9.41. The lowest BCUT2D eigenvalue weighted by atomic mass is 10.1. The van der Waals surface area contributed by atoms with Gasteiger partial charge in [0.15, 0.2) is 0 Å². The quantitative estimate of drug-likeness (QED) is 0.585. The van der Waals surface area contributed by atoms with Crippen molar-refractivity contribution in [3.63, 3.8) is 0 Å². The molecule has 0 amide bonds. The summed E-state index contributed by atoms with van der Waals surface area (Å²) in [5.41, 5.74) is 2.08. The molecule has 0 unspecified atom stereocenters. The van der Waals surface area contributed by atoms with Gasteiger partial charge in [0, 0.05) is 50.2 Å². The lowest BCUT2D eigenvalue weighted by Crippen LogP contribution is -2.49. The minimum Gasteiger partial charge on any atom is -0.495 e. The first-order chi connectivity index (χ1) is 15.0. The number of aliphatic hydroxyl groups is 1. The Morgan fingerprint density at radius 3 is 2.65 bits per heavy atom. The zero-order valence-electron chi connectivity index (χ0n) is 17.9. The van der Waals surface area contributed by atoms with Gasteiger partial charge in [-0.25, -0.2) is 4.79 Å².